The Morgan fingerprint density at radius 2 is 2.00 bits per heavy atom. The summed E-state index contributed by atoms with van der Waals surface area (Å²) in [5, 5.41) is 2.96. The lowest BCUT2D eigenvalue weighted by molar-refractivity contribution is 0.179. The van der Waals surface area contributed by atoms with Crippen LogP contribution in [0.5, 0.6) is 0 Å². The number of nitrogens with zero attached hydrogens (tertiary/aromatic N) is 2. The van der Waals surface area contributed by atoms with Crippen molar-refractivity contribution in [2.45, 2.75) is 39.3 Å². The number of nitrogens with one attached hydrogen (secondary N) is 1. The second-order valence-corrected chi connectivity index (χ2v) is 5.89. The average Bonchev–Trinajstić information content (AvgIpc) is 2.58. The molecule has 0 saturated heterocycles. The first-order chi connectivity index (χ1) is 11.5. The van der Waals surface area contributed by atoms with Crippen LogP contribution < -0.4 is 5.32 Å². The molecule has 1 aromatic carbocycles. The maximum absolute atomic E-state index is 13.7. The zero-order valence-corrected chi connectivity index (χ0v) is 14.4. The third-order valence-electron chi connectivity index (χ3n) is 4.09. The van der Waals surface area contributed by atoms with Crippen LogP contribution in [0.2, 0.25) is 0 Å². The van der Waals surface area contributed by atoms with E-state index < -0.39 is 0 Å². The first-order valence-electron chi connectivity index (χ1n) is 8.23. The van der Waals surface area contributed by atoms with E-state index in [2.05, 4.69) is 10.3 Å². The largest absolute Gasteiger partial charge is 0.335 e. The minimum atomic E-state index is -0.241. The molecule has 0 bridgehead atoms. The molecule has 1 aromatic heterocycles. The molecule has 0 spiro atoms. The molecule has 4 nitrogen and oxygen atoms in total. The Labute approximate surface area is 142 Å². The predicted octanol–water partition coefficient (Wildman–Crippen LogP) is 3.94. The van der Waals surface area contributed by atoms with Gasteiger partial charge in [0, 0.05) is 25.0 Å². The first kappa shape index (κ1) is 17.9. The molecule has 2 amide bonds. The van der Waals surface area contributed by atoms with Crippen molar-refractivity contribution in [3.05, 3.63) is 65.7 Å². The number of hydrogen-bond acceptors (Lipinski definition) is 2. The van der Waals surface area contributed by atoms with Crippen LogP contribution in [0.25, 0.3) is 0 Å². The zero-order chi connectivity index (χ0) is 17.5. The first-order valence-corrected chi connectivity index (χ1v) is 8.23. The summed E-state index contributed by atoms with van der Waals surface area (Å²) < 4.78 is 13.7. The summed E-state index contributed by atoms with van der Waals surface area (Å²) in [6.07, 6.45) is 3.93. The van der Waals surface area contributed by atoms with Gasteiger partial charge in [0.25, 0.3) is 0 Å². The summed E-state index contributed by atoms with van der Waals surface area (Å²) in [7, 11) is 0. The molecule has 2 atom stereocenters. The summed E-state index contributed by atoms with van der Waals surface area (Å²) in [5.74, 6) is -0.241. The highest BCUT2D eigenvalue weighted by Crippen LogP contribution is 2.19. The van der Waals surface area contributed by atoms with Gasteiger partial charge in [0.2, 0.25) is 0 Å². The summed E-state index contributed by atoms with van der Waals surface area (Å²) >= 11 is 0. The van der Waals surface area contributed by atoms with Crippen LogP contribution in [0.4, 0.5) is 9.18 Å². The molecule has 128 valence electrons. The van der Waals surface area contributed by atoms with Crippen molar-refractivity contribution in [2.75, 3.05) is 6.54 Å². The molecule has 0 radical (unpaired) electrons. The third-order valence-corrected chi connectivity index (χ3v) is 4.09. The number of amides is 2. The van der Waals surface area contributed by atoms with Gasteiger partial charge in [-0.2, -0.15) is 0 Å². The van der Waals surface area contributed by atoms with Crippen LogP contribution in [0.3, 0.4) is 0 Å². The lowest BCUT2D eigenvalue weighted by atomic mass is 10.1. The summed E-state index contributed by atoms with van der Waals surface area (Å²) in [5.41, 5.74) is 1.59. The number of rotatable bonds is 6. The van der Waals surface area contributed by atoms with Crippen molar-refractivity contribution >= 4 is 6.03 Å². The highest BCUT2D eigenvalue weighted by Gasteiger charge is 2.21. The number of carbonyl (C=O) groups is 1. The van der Waals surface area contributed by atoms with Crippen LogP contribution in [-0.4, -0.2) is 28.5 Å². The van der Waals surface area contributed by atoms with E-state index in [0.717, 1.165) is 5.56 Å². The highest BCUT2D eigenvalue weighted by molar-refractivity contribution is 5.75. The predicted molar refractivity (Wildman–Crippen MR) is 93.1 cm³/mol. The lowest BCUT2D eigenvalue weighted by Gasteiger charge is -2.30. The number of aromatic nitrogens is 1. The molecule has 5 heteroatoms. The highest BCUT2D eigenvalue weighted by atomic mass is 19.1. The Hall–Kier alpha value is -2.43. The van der Waals surface area contributed by atoms with E-state index in [1.54, 1.807) is 35.5 Å². The maximum atomic E-state index is 13.7. The van der Waals surface area contributed by atoms with Gasteiger partial charge in [0.1, 0.15) is 5.82 Å². The van der Waals surface area contributed by atoms with Crippen molar-refractivity contribution in [3.63, 3.8) is 0 Å². The molecule has 2 aromatic rings. The molecule has 1 heterocycles. The van der Waals surface area contributed by atoms with Gasteiger partial charge in [-0.05, 0) is 50.5 Å². The monoisotopic (exact) mass is 329 g/mol. The normalized spacial score (nSPS) is 13.2. The van der Waals surface area contributed by atoms with Gasteiger partial charge < -0.3 is 10.2 Å². The Balaban J connectivity index is 2.00. The van der Waals surface area contributed by atoms with E-state index in [1.807, 2.05) is 32.9 Å². The van der Waals surface area contributed by atoms with Gasteiger partial charge in [-0.3, -0.25) is 4.98 Å². The quantitative estimate of drug-likeness (QED) is 0.872. The maximum Gasteiger partial charge on any atom is 0.318 e. The van der Waals surface area contributed by atoms with Crippen LogP contribution in [0.1, 0.15) is 37.9 Å². The van der Waals surface area contributed by atoms with Crippen LogP contribution >= 0.6 is 0 Å². The van der Waals surface area contributed by atoms with Gasteiger partial charge in [-0.15, -0.1) is 0 Å². The Bertz CT molecular complexity index is 663. The standard InChI is InChI=1S/C19H24FN3O/c1-4-23(15(3)17-9-7-11-21-13-17)19(24)22-14(2)12-16-8-5-6-10-18(16)20/h5-11,13-15H,4,12H2,1-3H3,(H,22,24). The van der Waals surface area contributed by atoms with E-state index in [4.69, 9.17) is 0 Å². The molecule has 0 aliphatic rings. The second-order valence-electron chi connectivity index (χ2n) is 5.89. The Morgan fingerprint density at radius 3 is 2.62 bits per heavy atom. The fourth-order valence-electron chi connectivity index (χ4n) is 2.73. The van der Waals surface area contributed by atoms with Crippen molar-refractivity contribution in [2.24, 2.45) is 0 Å². The minimum absolute atomic E-state index is 0.0793. The summed E-state index contributed by atoms with van der Waals surface area (Å²) in [6.45, 7) is 6.37. The van der Waals surface area contributed by atoms with E-state index in [0.29, 0.717) is 18.5 Å². The molecule has 24 heavy (non-hydrogen) atoms. The van der Waals surface area contributed by atoms with Crippen LogP contribution in [0.15, 0.2) is 48.8 Å². The second kappa shape index (κ2) is 8.43. The lowest BCUT2D eigenvalue weighted by Crippen LogP contribution is -2.45. The molecule has 0 aliphatic heterocycles. The molecule has 0 saturated carbocycles. The molecule has 1 N–H and O–H groups in total. The van der Waals surface area contributed by atoms with Gasteiger partial charge in [0.15, 0.2) is 0 Å². The van der Waals surface area contributed by atoms with E-state index in [9.17, 15) is 9.18 Å². The summed E-state index contributed by atoms with van der Waals surface area (Å²) in [4.78, 5) is 18.4. The topological polar surface area (TPSA) is 45.2 Å². The van der Waals surface area contributed by atoms with Crippen molar-refractivity contribution in [1.82, 2.24) is 15.2 Å². The molecule has 0 aliphatic carbocycles. The molecule has 2 rings (SSSR count). The number of urea groups is 1. The smallest absolute Gasteiger partial charge is 0.318 e. The number of halogens is 1. The molecular weight excluding hydrogens is 305 g/mol. The van der Waals surface area contributed by atoms with E-state index >= 15 is 0 Å². The van der Waals surface area contributed by atoms with Gasteiger partial charge in [-0.25, -0.2) is 9.18 Å². The molecule has 2 unspecified atom stereocenters. The van der Waals surface area contributed by atoms with Crippen LogP contribution in [0, 0.1) is 5.82 Å². The SMILES string of the molecule is CCN(C(=O)NC(C)Cc1ccccc1F)C(C)c1cccnc1. The number of benzene rings is 1. The third kappa shape index (κ3) is 4.54. The van der Waals surface area contributed by atoms with Crippen molar-refractivity contribution < 1.29 is 9.18 Å². The minimum Gasteiger partial charge on any atom is -0.335 e. The molecule has 0 fully saturated rings. The number of pyridine rings is 1. The van der Waals surface area contributed by atoms with Crippen molar-refractivity contribution in [1.29, 1.82) is 0 Å². The number of carbonyl (C=O) groups excluding carboxylic acids is 1. The van der Waals surface area contributed by atoms with Gasteiger partial charge in [0.05, 0.1) is 6.04 Å². The van der Waals surface area contributed by atoms with E-state index in [1.165, 1.54) is 6.07 Å². The fourth-order valence-corrected chi connectivity index (χ4v) is 2.73. The zero-order valence-electron chi connectivity index (χ0n) is 14.4. The fraction of sp³-hybridized carbons (Fsp3) is 0.368. The van der Waals surface area contributed by atoms with E-state index in [-0.39, 0.29) is 23.9 Å². The van der Waals surface area contributed by atoms with Crippen LogP contribution in [-0.2, 0) is 6.42 Å². The Morgan fingerprint density at radius 1 is 1.25 bits per heavy atom. The van der Waals surface area contributed by atoms with Crippen molar-refractivity contribution in [3.8, 4) is 0 Å². The average molecular weight is 329 g/mol. The van der Waals surface area contributed by atoms with Gasteiger partial charge >= 0.3 is 6.03 Å². The molecular formula is C19H24FN3O. The Kier molecular flexibility index (Phi) is 6.29. The van der Waals surface area contributed by atoms with Gasteiger partial charge in [-0.1, -0.05) is 24.3 Å². The number of hydrogen-bond donors (Lipinski definition) is 1. The summed E-state index contributed by atoms with van der Waals surface area (Å²) in [6, 6.07) is 10.1.